The monoisotopic (exact) mass is 451 g/mol. The lowest BCUT2D eigenvalue weighted by atomic mass is 9.90. The van der Waals surface area contributed by atoms with Crippen molar-refractivity contribution in [3.05, 3.63) is 105 Å². The quantitative estimate of drug-likeness (QED) is 0.305. The number of nitrogens with one attached hydrogen (secondary N) is 2. The van der Waals surface area contributed by atoms with Gasteiger partial charge in [0.25, 0.3) is 5.56 Å². The number of aromatic amines is 1. The zero-order valence-corrected chi connectivity index (χ0v) is 19.3. The van der Waals surface area contributed by atoms with Gasteiger partial charge in [-0.05, 0) is 67.6 Å². The number of hydrogen-bond acceptors (Lipinski definition) is 5. The second-order valence-corrected chi connectivity index (χ2v) is 9.20. The van der Waals surface area contributed by atoms with E-state index in [0.29, 0.717) is 28.0 Å². The molecule has 1 unspecified atom stereocenters. The fraction of sp³-hybridized carbons (Fsp3) is 0.250. The third kappa shape index (κ3) is 4.50. The van der Waals surface area contributed by atoms with Gasteiger partial charge in [0.05, 0.1) is 11.2 Å². The van der Waals surface area contributed by atoms with Gasteiger partial charge in [0.2, 0.25) is 0 Å². The van der Waals surface area contributed by atoms with Gasteiger partial charge < -0.3 is 10.7 Å². The van der Waals surface area contributed by atoms with Crippen molar-refractivity contribution < 1.29 is 0 Å². The standard InChI is InChI=1S/C28H29N5O/c1-18-9-10-20(15-31-18)27(30)24-13-22-12-23(28(34)32-26(22)14-25(24)29)21-8-5-11-33(17-21)16-19-6-3-2-4-7-19/h2-4,6-7,9-10,12-15,21,30H,5,8,11,16-17,29H2,1H3,(H,32,34). The number of nitrogens with two attached hydrogens (primary N) is 1. The predicted molar refractivity (Wildman–Crippen MR) is 138 cm³/mol. The maximum atomic E-state index is 13.0. The lowest BCUT2D eigenvalue weighted by Gasteiger charge is -2.32. The van der Waals surface area contributed by atoms with E-state index in [2.05, 4.69) is 39.1 Å². The molecule has 0 amide bonds. The van der Waals surface area contributed by atoms with Crippen LogP contribution >= 0.6 is 0 Å². The SMILES string of the molecule is Cc1ccc(C(=N)c2cc3cc(C4CCCN(Cc5ccccc5)C4)c(=O)[nH]c3cc2N)cn1. The van der Waals surface area contributed by atoms with Crippen LogP contribution in [0.4, 0.5) is 5.69 Å². The Morgan fingerprint density at radius 3 is 2.76 bits per heavy atom. The van der Waals surface area contributed by atoms with Crippen molar-refractivity contribution in [3.8, 4) is 0 Å². The van der Waals surface area contributed by atoms with Crippen LogP contribution in [0.1, 0.15) is 46.7 Å². The lowest BCUT2D eigenvalue weighted by molar-refractivity contribution is 0.199. The molecule has 4 aromatic rings. The summed E-state index contributed by atoms with van der Waals surface area (Å²) in [6.07, 6.45) is 3.75. The molecule has 172 valence electrons. The summed E-state index contributed by atoms with van der Waals surface area (Å²) >= 11 is 0. The molecule has 1 atom stereocenters. The van der Waals surface area contributed by atoms with E-state index in [4.69, 9.17) is 11.1 Å². The highest BCUT2D eigenvalue weighted by molar-refractivity contribution is 6.15. The van der Waals surface area contributed by atoms with E-state index < -0.39 is 0 Å². The Bertz CT molecular complexity index is 1390. The smallest absolute Gasteiger partial charge is 0.251 e. The van der Waals surface area contributed by atoms with Crippen LogP contribution < -0.4 is 11.3 Å². The second-order valence-electron chi connectivity index (χ2n) is 9.20. The molecule has 0 saturated carbocycles. The highest BCUT2D eigenvalue weighted by Gasteiger charge is 2.24. The van der Waals surface area contributed by atoms with E-state index in [0.717, 1.165) is 49.1 Å². The summed E-state index contributed by atoms with van der Waals surface area (Å²) in [5, 5.41) is 9.58. The van der Waals surface area contributed by atoms with Crippen LogP contribution in [0.5, 0.6) is 0 Å². The van der Waals surface area contributed by atoms with E-state index >= 15 is 0 Å². The van der Waals surface area contributed by atoms with Gasteiger partial charge in [-0.2, -0.15) is 0 Å². The van der Waals surface area contributed by atoms with Crippen LogP contribution in [-0.2, 0) is 6.54 Å². The molecule has 34 heavy (non-hydrogen) atoms. The number of benzene rings is 2. The predicted octanol–water partition coefficient (Wildman–Crippen LogP) is 4.61. The van der Waals surface area contributed by atoms with Crippen molar-refractivity contribution in [2.24, 2.45) is 0 Å². The van der Waals surface area contributed by atoms with Crippen LogP contribution in [-0.4, -0.2) is 33.7 Å². The van der Waals surface area contributed by atoms with Crippen molar-refractivity contribution >= 4 is 22.3 Å². The molecule has 5 rings (SSSR count). The summed E-state index contributed by atoms with van der Waals surface area (Å²) in [6, 6.07) is 19.9. The number of nitrogen functional groups attached to an aromatic ring is 1. The minimum Gasteiger partial charge on any atom is -0.398 e. The van der Waals surface area contributed by atoms with Gasteiger partial charge in [-0.25, -0.2) is 0 Å². The van der Waals surface area contributed by atoms with Crippen molar-refractivity contribution in [1.29, 1.82) is 5.41 Å². The first kappa shape index (κ1) is 22.0. The van der Waals surface area contributed by atoms with E-state index in [9.17, 15) is 4.79 Å². The molecular formula is C28H29N5O. The van der Waals surface area contributed by atoms with Gasteiger partial charge in [0.1, 0.15) is 0 Å². The van der Waals surface area contributed by atoms with Crippen LogP contribution in [0.25, 0.3) is 10.9 Å². The first-order chi connectivity index (χ1) is 16.5. The van der Waals surface area contributed by atoms with Gasteiger partial charge in [-0.15, -0.1) is 0 Å². The molecule has 0 spiro atoms. The third-order valence-electron chi connectivity index (χ3n) is 6.71. The normalized spacial score (nSPS) is 16.6. The van der Waals surface area contributed by atoms with Gasteiger partial charge in [-0.3, -0.25) is 20.1 Å². The van der Waals surface area contributed by atoms with Crippen molar-refractivity contribution in [3.63, 3.8) is 0 Å². The number of likely N-dealkylation sites (tertiary alicyclic amines) is 1. The van der Waals surface area contributed by atoms with Gasteiger partial charge >= 0.3 is 0 Å². The molecule has 0 aliphatic carbocycles. The zero-order chi connectivity index (χ0) is 23.7. The fourth-order valence-corrected chi connectivity index (χ4v) is 4.87. The molecule has 3 heterocycles. The van der Waals surface area contributed by atoms with Crippen LogP contribution in [0, 0.1) is 12.3 Å². The Balaban J connectivity index is 1.45. The Kier molecular flexibility index (Phi) is 5.99. The van der Waals surface area contributed by atoms with Crippen molar-refractivity contribution in [1.82, 2.24) is 14.9 Å². The number of pyridine rings is 2. The maximum absolute atomic E-state index is 13.0. The first-order valence-electron chi connectivity index (χ1n) is 11.7. The Hall–Kier alpha value is -3.77. The van der Waals surface area contributed by atoms with Crippen LogP contribution in [0.3, 0.4) is 0 Å². The van der Waals surface area contributed by atoms with Crippen molar-refractivity contribution in [2.45, 2.75) is 32.2 Å². The highest BCUT2D eigenvalue weighted by atomic mass is 16.1. The van der Waals surface area contributed by atoms with Crippen molar-refractivity contribution in [2.75, 3.05) is 18.8 Å². The number of rotatable bonds is 5. The summed E-state index contributed by atoms with van der Waals surface area (Å²) in [7, 11) is 0. The zero-order valence-electron chi connectivity index (χ0n) is 19.3. The van der Waals surface area contributed by atoms with Crippen LogP contribution in [0.15, 0.2) is 71.7 Å². The van der Waals surface area contributed by atoms with Crippen LogP contribution in [0.2, 0.25) is 0 Å². The van der Waals surface area contributed by atoms with Gasteiger partial charge in [0.15, 0.2) is 0 Å². The number of H-pyrrole nitrogens is 1. The topological polar surface area (TPSA) is 98.9 Å². The van der Waals surface area contributed by atoms with E-state index in [-0.39, 0.29) is 11.5 Å². The summed E-state index contributed by atoms with van der Waals surface area (Å²) < 4.78 is 0. The number of anilines is 1. The third-order valence-corrected chi connectivity index (χ3v) is 6.71. The summed E-state index contributed by atoms with van der Waals surface area (Å²) in [5.41, 5.74) is 12.1. The number of aromatic nitrogens is 2. The number of nitrogens with zero attached hydrogens (tertiary/aromatic N) is 2. The molecule has 0 bridgehead atoms. The summed E-state index contributed by atoms with van der Waals surface area (Å²) in [5.74, 6) is 0.173. The fourth-order valence-electron chi connectivity index (χ4n) is 4.87. The number of hydrogen-bond donors (Lipinski definition) is 3. The minimum absolute atomic E-state index is 0.0518. The number of aryl methyl sites for hydroxylation is 1. The number of piperidine rings is 1. The second kappa shape index (κ2) is 9.23. The molecule has 2 aromatic heterocycles. The number of fused-ring (bicyclic) bond motifs is 1. The van der Waals surface area contributed by atoms with E-state index in [1.807, 2.05) is 37.3 Å². The molecule has 1 aliphatic heterocycles. The molecule has 1 fully saturated rings. The summed E-state index contributed by atoms with van der Waals surface area (Å²) in [6.45, 7) is 4.71. The van der Waals surface area contributed by atoms with Gasteiger partial charge in [0, 0.05) is 53.3 Å². The molecule has 1 saturated heterocycles. The molecule has 1 aliphatic rings. The minimum atomic E-state index is -0.0518. The molecule has 2 aromatic carbocycles. The lowest BCUT2D eigenvalue weighted by Crippen LogP contribution is -2.35. The Morgan fingerprint density at radius 1 is 1.18 bits per heavy atom. The molecule has 6 heteroatoms. The molecule has 0 radical (unpaired) electrons. The maximum Gasteiger partial charge on any atom is 0.251 e. The Morgan fingerprint density at radius 2 is 2.00 bits per heavy atom. The van der Waals surface area contributed by atoms with Gasteiger partial charge in [-0.1, -0.05) is 30.3 Å². The van der Waals surface area contributed by atoms with E-state index in [1.165, 1.54) is 5.56 Å². The average molecular weight is 452 g/mol. The molecule has 4 N–H and O–H groups in total. The van der Waals surface area contributed by atoms with E-state index in [1.54, 1.807) is 12.3 Å². The first-order valence-corrected chi connectivity index (χ1v) is 11.7. The largest absolute Gasteiger partial charge is 0.398 e. The molecular weight excluding hydrogens is 422 g/mol. The molecule has 6 nitrogen and oxygen atoms in total. The Labute approximate surface area is 199 Å². The average Bonchev–Trinajstić information content (AvgIpc) is 2.84. The summed E-state index contributed by atoms with van der Waals surface area (Å²) in [4.78, 5) is 22.8. The highest BCUT2D eigenvalue weighted by Crippen LogP contribution is 2.29.